The molecule has 1 heterocycles. The first kappa shape index (κ1) is 27.2. The third-order valence-electron chi connectivity index (χ3n) is 5.10. The van der Waals surface area contributed by atoms with Crippen LogP contribution in [0.3, 0.4) is 0 Å². The number of aromatic nitrogens is 2. The Bertz CT molecular complexity index is 1320. The molecule has 0 radical (unpaired) electrons. The van der Waals surface area contributed by atoms with Crippen LogP contribution in [0.4, 0.5) is 22.8 Å². The molecule has 0 spiro atoms. The highest BCUT2D eigenvalue weighted by atomic mass is 19.2. The largest absolute Gasteiger partial charge is 0.464 e. The predicted molar refractivity (Wildman–Crippen MR) is 124 cm³/mol. The van der Waals surface area contributed by atoms with Crippen LogP contribution in [0.5, 0.6) is 5.75 Å². The van der Waals surface area contributed by atoms with Crippen molar-refractivity contribution in [3.8, 4) is 5.75 Å². The van der Waals surface area contributed by atoms with Crippen molar-refractivity contribution >= 4 is 18.2 Å². The quantitative estimate of drug-likeness (QED) is 0.276. The van der Waals surface area contributed by atoms with Gasteiger partial charge in [0.2, 0.25) is 0 Å². The van der Waals surface area contributed by atoms with Crippen LogP contribution < -0.4 is 4.74 Å². The van der Waals surface area contributed by atoms with Crippen molar-refractivity contribution in [3.05, 3.63) is 83.2 Å². The molecule has 2 aromatic carbocycles. The summed E-state index contributed by atoms with van der Waals surface area (Å²) in [6.07, 6.45) is 0.641. The van der Waals surface area contributed by atoms with E-state index in [0.29, 0.717) is 11.6 Å². The van der Waals surface area contributed by atoms with Gasteiger partial charge in [-0.1, -0.05) is 12.1 Å². The second kappa shape index (κ2) is 10.7. The van der Waals surface area contributed by atoms with E-state index in [4.69, 9.17) is 9.47 Å². The zero-order valence-electron chi connectivity index (χ0n) is 20.4. The van der Waals surface area contributed by atoms with E-state index in [0.717, 1.165) is 10.6 Å². The number of hydrogen-bond acceptors (Lipinski definition) is 6. The van der Waals surface area contributed by atoms with Gasteiger partial charge in [-0.05, 0) is 50.6 Å². The van der Waals surface area contributed by atoms with Crippen LogP contribution in [-0.2, 0) is 4.74 Å². The molecule has 1 atom stereocenters. The number of carbonyl (C=O) groups excluding carboxylic acids is 2. The molecule has 0 saturated carbocycles. The molecular formula is C25H24F3N3O6. The van der Waals surface area contributed by atoms with Crippen LogP contribution in [0, 0.1) is 17.5 Å². The molecule has 196 valence electrons. The number of rotatable bonds is 6. The Morgan fingerprint density at radius 3 is 2.30 bits per heavy atom. The second-order valence-corrected chi connectivity index (χ2v) is 9.03. The van der Waals surface area contributed by atoms with E-state index >= 15 is 0 Å². The molecule has 0 bridgehead atoms. The van der Waals surface area contributed by atoms with Crippen molar-refractivity contribution in [2.24, 2.45) is 0 Å². The number of benzene rings is 2. The third kappa shape index (κ3) is 6.46. The number of nitrogens with zero attached hydrogens (tertiary/aromatic N) is 3. The fourth-order valence-corrected chi connectivity index (χ4v) is 3.37. The number of imidazole rings is 1. The fourth-order valence-electron chi connectivity index (χ4n) is 3.37. The minimum absolute atomic E-state index is 0.0155. The molecule has 1 amide bonds. The average Bonchev–Trinajstić information content (AvgIpc) is 3.30. The van der Waals surface area contributed by atoms with E-state index in [1.54, 1.807) is 20.8 Å². The van der Waals surface area contributed by atoms with Gasteiger partial charge in [0.05, 0.1) is 11.5 Å². The maximum atomic E-state index is 13.9. The fraction of sp³-hybridized carbons (Fsp3) is 0.280. The van der Waals surface area contributed by atoms with Gasteiger partial charge in [-0.15, -0.1) is 0 Å². The summed E-state index contributed by atoms with van der Waals surface area (Å²) in [6.45, 7) is 5.11. The number of ether oxygens (including phenoxy) is 2. The summed E-state index contributed by atoms with van der Waals surface area (Å²) < 4.78 is 51.9. The molecule has 0 aliphatic heterocycles. The molecule has 9 nitrogen and oxygen atoms in total. The Labute approximate surface area is 210 Å². The molecule has 0 fully saturated rings. The predicted octanol–water partition coefficient (Wildman–Crippen LogP) is 5.04. The summed E-state index contributed by atoms with van der Waals surface area (Å²) in [7, 11) is 1.49. The van der Waals surface area contributed by atoms with E-state index in [9.17, 15) is 32.7 Å². The lowest BCUT2D eigenvalue weighted by Crippen LogP contribution is -2.37. The van der Waals surface area contributed by atoms with Gasteiger partial charge in [0.1, 0.15) is 17.2 Å². The van der Waals surface area contributed by atoms with Crippen molar-refractivity contribution < 1.29 is 42.1 Å². The van der Waals surface area contributed by atoms with E-state index < -0.39 is 52.7 Å². The molecule has 1 aromatic heterocycles. The highest BCUT2D eigenvalue weighted by Crippen LogP contribution is 2.28. The van der Waals surface area contributed by atoms with Gasteiger partial charge in [0, 0.05) is 26.0 Å². The van der Waals surface area contributed by atoms with Crippen molar-refractivity contribution in [1.29, 1.82) is 0 Å². The van der Waals surface area contributed by atoms with Crippen LogP contribution in [0.1, 0.15) is 48.4 Å². The average molecular weight is 519 g/mol. The van der Waals surface area contributed by atoms with Crippen molar-refractivity contribution in [1.82, 2.24) is 14.5 Å². The van der Waals surface area contributed by atoms with Gasteiger partial charge < -0.3 is 19.5 Å². The van der Waals surface area contributed by atoms with Gasteiger partial charge in [0.15, 0.2) is 17.5 Å². The number of halogens is 3. The minimum atomic E-state index is -1.80. The summed E-state index contributed by atoms with van der Waals surface area (Å²) >= 11 is 0. The molecule has 0 saturated heterocycles. The first-order chi connectivity index (χ1) is 17.3. The Morgan fingerprint density at radius 2 is 1.70 bits per heavy atom. The summed E-state index contributed by atoms with van der Waals surface area (Å²) in [5, 5.41) is 9.54. The number of esters is 1. The van der Waals surface area contributed by atoms with Crippen molar-refractivity contribution in [3.63, 3.8) is 0 Å². The van der Waals surface area contributed by atoms with Crippen molar-refractivity contribution in [2.75, 3.05) is 13.6 Å². The Morgan fingerprint density at radius 1 is 1.05 bits per heavy atom. The van der Waals surface area contributed by atoms with Crippen molar-refractivity contribution in [2.45, 2.75) is 32.3 Å². The van der Waals surface area contributed by atoms with E-state index in [1.165, 1.54) is 48.6 Å². The van der Waals surface area contributed by atoms with Crippen LogP contribution in [0.15, 0.2) is 48.8 Å². The van der Waals surface area contributed by atoms with Crippen LogP contribution in [0.2, 0.25) is 0 Å². The lowest BCUT2D eigenvalue weighted by molar-refractivity contribution is 0.0292. The van der Waals surface area contributed by atoms with Gasteiger partial charge >= 0.3 is 18.2 Å². The van der Waals surface area contributed by atoms with Crippen LogP contribution in [-0.4, -0.2) is 56.9 Å². The molecule has 37 heavy (non-hydrogen) atoms. The number of carbonyl (C=O) groups is 3. The second-order valence-electron chi connectivity index (χ2n) is 9.03. The summed E-state index contributed by atoms with van der Waals surface area (Å²) in [4.78, 5) is 41.9. The molecule has 0 aliphatic rings. The Kier molecular flexibility index (Phi) is 7.90. The number of amides is 1. The smallest absolute Gasteiger partial charge is 0.417 e. The maximum Gasteiger partial charge on any atom is 0.417 e. The standard InChI is InChI=1S/C25H24F3N3O6/c1-25(2,3)37-24(35)30(4)13-17(21-29-11-12-31(21)23(33)34)14-5-7-15(8-6-14)36-22(32)16-9-10-18(26)20(28)19(16)27/h5-12,17H,13H2,1-4H3,(H,33,34). The van der Waals surface area contributed by atoms with Gasteiger partial charge in [0.25, 0.3) is 0 Å². The van der Waals surface area contributed by atoms with Crippen LogP contribution >= 0.6 is 0 Å². The maximum absolute atomic E-state index is 13.9. The number of carboxylic acid groups (broad SMARTS) is 1. The topological polar surface area (TPSA) is 111 Å². The molecule has 12 heteroatoms. The molecule has 0 aliphatic carbocycles. The third-order valence-corrected chi connectivity index (χ3v) is 5.10. The summed E-state index contributed by atoms with van der Waals surface area (Å²) in [5.74, 6) is -6.82. The Hall–Kier alpha value is -4.35. The van der Waals surface area contributed by atoms with E-state index in [-0.39, 0.29) is 18.1 Å². The molecule has 1 unspecified atom stereocenters. The lowest BCUT2D eigenvalue weighted by atomic mass is 9.97. The number of likely N-dealkylation sites (N-methyl/N-ethyl adjacent to an activating group) is 1. The van der Waals surface area contributed by atoms with E-state index in [2.05, 4.69) is 4.98 Å². The summed E-state index contributed by atoms with van der Waals surface area (Å²) in [5.41, 5.74) is -1.04. The van der Waals surface area contributed by atoms with Crippen LogP contribution in [0.25, 0.3) is 0 Å². The molecule has 1 N–H and O–H groups in total. The lowest BCUT2D eigenvalue weighted by Gasteiger charge is -2.27. The molecule has 3 rings (SSSR count). The minimum Gasteiger partial charge on any atom is -0.464 e. The SMILES string of the molecule is CN(CC(c1ccc(OC(=O)c2ccc(F)c(F)c2F)cc1)c1nccn1C(=O)O)C(=O)OC(C)(C)C. The zero-order valence-corrected chi connectivity index (χ0v) is 20.4. The Balaban J connectivity index is 1.87. The molecule has 3 aromatic rings. The normalized spacial score (nSPS) is 12.1. The first-order valence-electron chi connectivity index (χ1n) is 10.9. The van der Waals surface area contributed by atoms with E-state index in [1.807, 2.05) is 0 Å². The first-order valence-corrected chi connectivity index (χ1v) is 10.9. The zero-order chi connectivity index (χ0) is 27.5. The monoisotopic (exact) mass is 519 g/mol. The summed E-state index contributed by atoms with van der Waals surface area (Å²) in [6, 6.07) is 7.06. The van der Waals surface area contributed by atoms with Gasteiger partial charge in [-0.3, -0.25) is 0 Å². The van der Waals surface area contributed by atoms with Gasteiger partial charge in [-0.25, -0.2) is 37.1 Å². The highest BCUT2D eigenvalue weighted by molar-refractivity contribution is 5.91. The molecular weight excluding hydrogens is 495 g/mol. The highest BCUT2D eigenvalue weighted by Gasteiger charge is 2.28. The van der Waals surface area contributed by atoms with Gasteiger partial charge in [-0.2, -0.15) is 0 Å². The number of hydrogen-bond donors (Lipinski definition) is 1.